The van der Waals surface area contributed by atoms with Gasteiger partial charge in [0.25, 0.3) is 0 Å². The lowest BCUT2D eigenvalue weighted by molar-refractivity contribution is 0.1000. The molecule has 6 nitrogen and oxygen atoms in total. The number of carbonyl (C=O) groups is 1. The summed E-state index contributed by atoms with van der Waals surface area (Å²) in [5.74, 6) is 1.94. The van der Waals surface area contributed by atoms with Crippen LogP contribution in [0.5, 0.6) is 11.5 Å². The van der Waals surface area contributed by atoms with Gasteiger partial charge >= 0.3 is 0 Å². The molecule has 1 saturated heterocycles. The van der Waals surface area contributed by atoms with Gasteiger partial charge in [-0.15, -0.1) is 0 Å². The standard InChI is InChI=1S/C18H19N3O3/c19-18(22)13-5-6-20-17(11-13)21-7-1-2-14(21)12-3-4-15-16(10-12)24-9-8-23-15/h3-6,10-11,14H,1-2,7-9H2,(H2,19,22)/t14-/m0/s1. The number of nitrogens with two attached hydrogens (primary N) is 1. The van der Waals surface area contributed by atoms with Crippen LogP contribution in [0.2, 0.25) is 0 Å². The Morgan fingerprint density at radius 1 is 1.17 bits per heavy atom. The zero-order chi connectivity index (χ0) is 16.5. The number of pyridine rings is 1. The molecule has 2 aliphatic rings. The predicted octanol–water partition coefficient (Wildman–Crippen LogP) is 2.29. The minimum absolute atomic E-state index is 0.205. The summed E-state index contributed by atoms with van der Waals surface area (Å²) in [5.41, 5.74) is 7.04. The lowest BCUT2D eigenvalue weighted by Gasteiger charge is -2.27. The second-order valence-electron chi connectivity index (χ2n) is 6.02. The van der Waals surface area contributed by atoms with Crippen molar-refractivity contribution in [1.82, 2.24) is 4.98 Å². The van der Waals surface area contributed by atoms with Gasteiger partial charge in [-0.25, -0.2) is 4.98 Å². The number of rotatable bonds is 3. The van der Waals surface area contributed by atoms with Crippen LogP contribution in [0.3, 0.4) is 0 Å². The Morgan fingerprint density at radius 3 is 2.83 bits per heavy atom. The Morgan fingerprint density at radius 2 is 2.00 bits per heavy atom. The third kappa shape index (κ3) is 2.64. The second kappa shape index (κ2) is 6.03. The van der Waals surface area contributed by atoms with Gasteiger partial charge in [-0.05, 0) is 42.7 Å². The third-order valence-corrected chi connectivity index (χ3v) is 4.53. The first-order valence-corrected chi connectivity index (χ1v) is 8.14. The van der Waals surface area contributed by atoms with E-state index >= 15 is 0 Å². The van der Waals surface area contributed by atoms with Gasteiger partial charge in [0.1, 0.15) is 19.0 Å². The normalized spacial score (nSPS) is 19.3. The molecule has 1 aromatic heterocycles. The van der Waals surface area contributed by atoms with Crippen LogP contribution in [0.25, 0.3) is 0 Å². The molecule has 0 spiro atoms. The molecule has 2 N–H and O–H groups in total. The van der Waals surface area contributed by atoms with Crippen molar-refractivity contribution in [3.8, 4) is 11.5 Å². The highest BCUT2D eigenvalue weighted by atomic mass is 16.6. The number of aromatic nitrogens is 1. The molecule has 1 atom stereocenters. The van der Waals surface area contributed by atoms with Crippen LogP contribution in [0.4, 0.5) is 5.82 Å². The van der Waals surface area contributed by atoms with E-state index in [9.17, 15) is 4.79 Å². The number of ether oxygens (including phenoxy) is 2. The molecule has 0 unspecified atom stereocenters. The molecule has 1 fully saturated rings. The van der Waals surface area contributed by atoms with Gasteiger partial charge in [-0.1, -0.05) is 6.07 Å². The number of anilines is 1. The van der Waals surface area contributed by atoms with E-state index in [1.54, 1.807) is 18.3 Å². The van der Waals surface area contributed by atoms with Crippen LogP contribution >= 0.6 is 0 Å². The van der Waals surface area contributed by atoms with Crippen LogP contribution in [-0.2, 0) is 0 Å². The summed E-state index contributed by atoms with van der Waals surface area (Å²) in [6.45, 7) is 2.06. The molecule has 6 heteroatoms. The summed E-state index contributed by atoms with van der Waals surface area (Å²) in [6.07, 6.45) is 3.73. The minimum Gasteiger partial charge on any atom is -0.486 e. The highest BCUT2D eigenvalue weighted by molar-refractivity contribution is 5.93. The second-order valence-corrected chi connectivity index (χ2v) is 6.02. The SMILES string of the molecule is NC(=O)c1ccnc(N2CCC[C@H]2c2ccc3c(c2)OCCO3)c1. The number of fused-ring (bicyclic) bond motifs is 1. The van der Waals surface area contributed by atoms with Crippen molar-refractivity contribution in [3.63, 3.8) is 0 Å². The molecule has 3 heterocycles. The fourth-order valence-electron chi connectivity index (χ4n) is 3.38. The number of hydrogen-bond acceptors (Lipinski definition) is 5. The minimum atomic E-state index is -0.436. The Balaban J connectivity index is 1.65. The number of carbonyl (C=O) groups excluding carboxylic acids is 1. The van der Waals surface area contributed by atoms with Crippen molar-refractivity contribution in [2.24, 2.45) is 5.73 Å². The molecule has 1 amide bonds. The Labute approximate surface area is 140 Å². The lowest BCUT2D eigenvalue weighted by Crippen LogP contribution is -2.24. The lowest BCUT2D eigenvalue weighted by atomic mass is 10.0. The molecule has 4 rings (SSSR count). The summed E-state index contributed by atoms with van der Waals surface area (Å²) >= 11 is 0. The van der Waals surface area contributed by atoms with E-state index in [4.69, 9.17) is 15.2 Å². The van der Waals surface area contributed by atoms with Crippen LogP contribution in [0, 0.1) is 0 Å². The van der Waals surface area contributed by atoms with E-state index in [-0.39, 0.29) is 6.04 Å². The summed E-state index contributed by atoms with van der Waals surface area (Å²) < 4.78 is 11.3. The van der Waals surface area contributed by atoms with Crippen LogP contribution < -0.4 is 20.1 Å². The van der Waals surface area contributed by atoms with Crippen molar-refractivity contribution < 1.29 is 14.3 Å². The van der Waals surface area contributed by atoms with E-state index in [2.05, 4.69) is 22.0 Å². The first kappa shape index (κ1) is 14.8. The summed E-state index contributed by atoms with van der Waals surface area (Å²) in [6, 6.07) is 9.70. The van der Waals surface area contributed by atoms with Crippen molar-refractivity contribution in [2.45, 2.75) is 18.9 Å². The average molecular weight is 325 g/mol. The molecular weight excluding hydrogens is 306 g/mol. The molecule has 1 aromatic carbocycles. The smallest absolute Gasteiger partial charge is 0.248 e. The van der Waals surface area contributed by atoms with E-state index in [0.717, 1.165) is 36.7 Å². The van der Waals surface area contributed by atoms with Gasteiger partial charge in [-0.3, -0.25) is 4.79 Å². The number of hydrogen-bond donors (Lipinski definition) is 1. The van der Waals surface area contributed by atoms with Crippen LogP contribution in [0.15, 0.2) is 36.5 Å². The van der Waals surface area contributed by atoms with Crippen molar-refractivity contribution in [2.75, 3.05) is 24.7 Å². The molecule has 0 radical (unpaired) electrons. The number of amides is 1. The Kier molecular flexibility index (Phi) is 3.72. The average Bonchev–Trinajstić information content (AvgIpc) is 3.11. The van der Waals surface area contributed by atoms with Gasteiger partial charge in [0.15, 0.2) is 11.5 Å². The van der Waals surface area contributed by atoms with Gasteiger partial charge in [0.2, 0.25) is 5.91 Å². The molecule has 2 aromatic rings. The fraction of sp³-hybridized carbons (Fsp3) is 0.333. The van der Waals surface area contributed by atoms with Crippen molar-refractivity contribution in [3.05, 3.63) is 47.7 Å². The number of primary amides is 1. The predicted molar refractivity (Wildman–Crippen MR) is 89.5 cm³/mol. The van der Waals surface area contributed by atoms with Gasteiger partial charge in [0, 0.05) is 18.3 Å². The Bertz CT molecular complexity index is 778. The maximum absolute atomic E-state index is 11.4. The van der Waals surface area contributed by atoms with Crippen LogP contribution in [-0.4, -0.2) is 30.6 Å². The topological polar surface area (TPSA) is 77.7 Å². The van der Waals surface area contributed by atoms with Gasteiger partial charge in [0.05, 0.1) is 6.04 Å². The maximum Gasteiger partial charge on any atom is 0.248 e. The highest BCUT2D eigenvalue weighted by Gasteiger charge is 2.28. The van der Waals surface area contributed by atoms with Crippen LogP contribution in [0.1, 0.15) is 34.8 Å². The maximum atomic E-state index is 11.4. The zero-order valence-corrected chi connectivity index (χ0v) is 13.3. The van der Waals surface area contributed by atoms with Crippen molar-refractivity contribution >= 4 is 11.7 Å². The first-order valence-electron chi connectivity index (χ1n) is 8.14. The first-order chi connectivity index (χ1) is 11.7. The van der Waals surface area contributed by atoms with E-state index < -0.39 is 5.91 Å². The van der Waals surface area contributed by atoms with Gasteiger partial charge < -0.3 is 20.1 Å². The number of benzene rings is 1. The monoisotopic (exact) mass is 325 g/mol. The summed E-state index contributed by atoms with van der Waals surface area (Å²) in [7, 11) is 0. The molecular formula is C18H19N3O3. The fourth-order valence-corrected chi connectivity index (χ4v) is 3.38. The van der Waals surface area contributed by atoms with E-state index in [1.807, 2.05) is 6.07 Å². The molecule has 0 bridgehead atoms. The third-order valence-electron chi connectivity index (χ3n) is 4.53. The highest BCUT2D eigenvalue weighted by Crippen LogP contribution is 2.39. The van der Waals surface area contributed by atoms with E-state index in [0.29, 0.717) is 18.8 Å². The van der Waals surface area contributed by atoms with E-state index in [1.165, 1.54) is 5.56 Å². The molecule has 0 saturated carbocycles. The zero-order valence-electron chi connectivity index (χ0n) is 13.3. The largest absolute Gasteiger partial charge is 0.486 e. The molecule has 0 aliphatic carbocycles. The summed E-state index contributed by atoms with van der Waals surface area (Å²) in [4.78, 5) is 18.1. The molecule has 2 aliphatic heterocycles. The number of nitrogens with zero attached hydrogens (tertiary/aromatic N) is 2. The molecule has 124 valence electrons. The Hall–Kier alpha value is -2.76. The molecule has 24 heavy (non-hydrogen) atoms. The van der Waals surface area contributed by atoms with Gasteiger partial charge in [-0.2, -0.15) is 0 Å². The summed E-state index contributed by atoms with van der Waals surface area (Å²) in [5, 5.41) is 0. The van der Waals surface area contributed by atoms with Crippen molar-refractivity contribution in [1.29, 1.82) is 0 Å². The quantitative estimate of drug-likeness (QED) is 0.937.